The van der Waals surface area contributed by atoms with Crippen molar-refractivity contribution in [2.75, 3.05) is 0 Å². The van der Waals surface area contributed by atoms with Gasteiger partial charge in [-0.3, -0.25) is 4.79 Å². The molecule has 2 aromatic carbocycles. The summed E-state index contributed by atoms with van der Waals surface area (Å²) in [6, 6.07) is 3.03. The minimum absolute atomic E-state index is 0.0487. The number of Topliss-reactive ketones (excluding diaryl/α,β-unsaturated/α-hetero) is 1. The molecule has 0 aromatic heterocycles. The third-order valence-corrected chi connectivity index (χ3v) is 6.72. The van der Waals surface area contributed by atoms with E-state index >= 15 is 0 Å². The second-order valence-corrected chi connectivity index (χ2v) is 10.3. The topological polar surface area (TPSA) is 98.0 Å². The van der Waals surface area contributed by atoms with E-state index in [1.165, 1.54) is 6.07 Å². The van der Waals surface area contributed by atoms with E-state index in [1.54, 1.807) is 13.0 Å². The van der Waals surface area contributed by atoms with Crippen LogP contribution in [0.15, 0.2) is 52.7 Å². The first kappa shape index (κ1) is 26.1. The summed E-state index contributed by atoms with van der Waals surface area (Å²) in [5.74, 6) is -1.12. The lowest BCUT2D eigenvalue weighted by atomic mass is 9.63. The number of aromatic hydroxyl groups is 3. The highest BCUT2D eigenvalue weighted by Crippen LogP contribution is 2.53. The summed E-state index contributed by atoms with van der Waals surface area (Å²) in [4.78, 5) is 14.2. The predicted octanol–water partition coefficient (Wildman–Crippen LogP) is 7.42. The first-order chi connectivity index (χ1) is 16.3. The maximum Gasteiger partial charge on any atom is 0.174 e. The molecule has 186 valence electrons. The number of benzene rings is 2. The molecule has 0 saturated heterocycles. The van der Waals surface area contributed by atoms with Crippen LogP contribution in [0.25, 0.3) is 16.5 Å². The highest BCUT2D eigenvalue weighted by molar-refractivity contribution is 6.15. The second kappa shape index (κ2) is 9.65. The second-order valence-electron chi connectivity index (χ2n) is 10.3. The molecule has 0 amide bonds. The summed E-state index contributed by atoms with van der Waals surface area (Å²) < 4.78 is 0. The van der Waals surface area contributed by atoms with E-state index in [0.717, 1.165) is 16.7 Å². The zero-order chi connectivity index (χ0) is 26.2. The van der Waals surface area contributed by atoms with E-state index in [0.29, 0.717) is 24.0 Å². The third-order valence-electron chi connectivity index (χ3n) is 6.72. The lowest BCUT2D eigenvalue weighted by Gasteiger charge is -2.38. The van der Waals surface area contributed by atoms with Gasteiger partial charge in [0.1, 0.15) is 23.0 Å². The van der Waals surface area contributed by atoms with Gasteiger partial charge >= 0.3 is 0 Å². The van der Waals surface area contributed by atoms with Gasteiger partial charge in [-0.25, -0.2) is 0 Å². The van der Waals surface area contributed by atoms with Crippen LogP contribution in [-0.4, -0.2) is 26.2 Å². The fourth-order valence-corrected chi connectivity index (χ4v) is 4.70. The molecule has 5 nitrogen and oxygen atoms in total. The zero-order valence-electron chi connectivity index (χ0n) is 21.7. The quantitative estimate of drug-likeness (QED) is 0.257. The average molecular weight is 477 g/mol. The Morgan fingerprint density at radius 2 is 1.37 bits per heavy atom. The van der Waals surface area contributed by atoms with Gasteiger partial charge in [0.2, 0.25) is 0 Å². The lowest BCUT2D eigenvalue weighted by molar-refractivity contribution is -0.121. The summed E-state index contributed by atoms with van der Waals surface area (Å²) in [5, 5.41) is 44.5. The van der Waals surface area contributed by atoms with E-state index in [1.807, 2.05) is 59.8 Å². The highest BCUT2D eigenvalue weighted by Gasteiger charge is 2.47. The molecule has 35 heavy (non-hydrogen) atoms. The minimum Gasteiger partial charge on any atom is -0.507 e. The minimum atomic E-state index is -1.10. The monoisotopic (exact) mass is 476 g/mol. The van der Waals surface area contributed by atoms with Gasteiger partial charge in [0, 0.05) is 11.0 Å². The van der Waals surface area contributed by atoms with Gasteiger partial charge in [0.15, 0.2) is 5.78 Å². The number of rotatable bonds is 6. The summed E-state index contributed by atoms with van der Waals surface area (Å²) in [6.07, 6.45) is 6.82. The molecule has 1 aliphatic carbocycles. The normalized spacial score (nSPS) is 14.5. The van der Waals surface area contributed by atoms with Gasteiger partial charge in [-0.15, -0.1) is 0 Å². The number of fused-ring (bicyclic) bond motifs is 2. The number of ketones is 1. The van der Waals surface area contributed by atoms with Crippen LogP contribution >= 0.6 is 0 Å². The number of phenolic OH excluding ortho intramolecular Hbond substituents is 3. The van der Waals surface area contributed by atoms with Crippen LogP contribution in [-0.2, 0) is 10.2 Å². The number of phenols is 3. The Morgan fingerprint density at radius 3 is 1.89 bits per heavy atom. The number of hydrogen-bond donors (Lipinski definition) is 4. The molecule has 0 fully saturated rings. The molecule has 0 spiro atoms. The summed E-state index contributed by atoms with van der Waals surface area (Å²) in [6.45, 7) is 13.4. The van der Waals surface area contributed by atoms with Crippen LogP contribution < -0.4 is 0 Å². The summed E-state index contributed by atoms with van der Waals surface area (Å²) in [5.41, 5.74) is 3.25. The fourth-order valence-electron chi connectivity index (χ4n) is 4.70. The average Bonchev–Trinajstić information content (AvgIpc) is 2.76. The summed E-state index contributed by atoms with van der Waals surface area (Å²) in [7, 11) is 0. The highest BCUT2D eigenvalue weighted by atomic mass is 16.3. The SMILES string of the molecule is CC(C)=CCC1=C(O)c2c(cc3c(O)c(C)cc(O)c3c2O)C(CC=C(C)C)(CC=C(C)C)C1=O. The van der Waals surface area contributed by atoms with E-state index in [9.17, 15) is 25.2 Å². The number of carbonyl (C=O) groups is 1. The van der Waals surface area contributed by atoms with Crippen molar-refractivity contribution in [3.8, 4) is 17.2 Å². The van der Waals surface area contributed by atoms with Crippen molar-refractivity contribution in [3.05, 3.63) is 69.3 Å². The van der Waals surface area contributed by atoms with Crippen molar-refractivity contribution in [1.29, 1.82) is 0 Å². The molecule has 4 N–H and O–H groups in total. The van der Waals surface area contributed by atoms with E-state index in [2.05, 4.69) is 0 Å². The van der Waals surface area contributed by atoms with Crippen LogP contribution in [0.2, 0.25) is 0 Å². The van der Waals surface area contributed by atoms with Gasteiger partial charge in [-0.2, -0.15) is 0 Å². The van der Waals surface area contributed by atoms with Gasteiger partial charge in [0.25, 0.3) is 0 Å². The molecule has 0 radical (unpaired) electrons. The molecule has 0 atom stereocenters. The van der Waals surface area contributed by atoms with Crippen LogP contribution in [0.4, 0.5) is 0 Å². The number of aliphatic hydroxyl groups excluding tert-OH is 1. The Hall–Kier alpha value is -3.47. The largest absolute Gasteiger partial charge is 0.507 e. The van der Waals surface area contributed by atoms with E-state index < -0.39 is 5.41 Å². The number of hydrogen-bond acceptors (Lipinski definition) is 5. The molecule has 0 aliphatic heterocycles. The van der Waals surface area contributed by atoms with Crippen molar-refractivity contribution in [2.45, 2.75) is 73.1 Å². The predicted molar refractivity (Wildman–Crippen MR) is 142 cm³/mol. The molecule has 0 saturated carbocycles. The molecule has 5 heteroatoms. The van der Waals surface area contributed by atoms with E-state index in [-0.39, 0.29) is 57.1 Å². The zero-order valence-corrected chi connectivity index (χ0v) is 21.7. The van der Waals surface area contributed by atoms with Crippen molar-refractivity contribution < 1.29 is 25.2 Å². The molecular weight excluding hydrogens is 440 g/mol. The van der Waals surface area contributed by atoms with Crippen LogP contribution in [0.3, 0.4) is 0 Å². The Morgan fingerprint density at radius 1 is 0.829 bits per heavy atom. The molecule has 2 aromatic rings. The molecule has 1 aliphatic rings. The van der Waals surface area contributed by atoms with Crippen LogP contribution in [0.5, 0.6) is 17.2 Å². The molecule has 0 heterocycles. The van der Waals surface area contributed by atoms with Crippen molar-refractivity contribution in [3.63, 3.8) is 0 Å². The van der Waals surface area contributed by atoms with E-state index in [4.69, 9.17) is 0 Å². The lowest BCUT2D eigenvalue weighted by Crippen LogP contribution is -2.40. The van der Waals surface area contributed by atoms with Gasteiger partial charge in [0.05, 0.1) is 16.4 Å². The number of carbonyl (C=O) groups excluding carboxylic acids is 1. The standard InChI is InChI=1S/C30H36O5/c1-16(2)8-9-20-27(33)25-22(15-21-24(28(25)34)23(31)14-19(7)26(21)32)30(29(20)35,12-10-17(3)4)13-11-18(5)6/h8,10-11,14-15,31-34H,9,12-13H2,1-7H3. The van der Waals surface area contributed by atoms with Gasteiger partial charge < -0.3 is 20.4 Å². The summed E-state index contributed by atoms with van der Waals surface area (Å²) >= 11 is 0. The van der Waals surface area contributed by atoms with Crippen molar-refractivity contribution in [1.82, 2.24) is 0 Å². The Bertz CT molecular complexity index is 1300. The van der Waals surface area contributed by atoms with Crippen molar-refractivity contribution in [2.24, 2.45) is 0 Å². The fraction of sp³-hybridized carbons (Fsp3) is 0.367. The number of aryl methyl sites for hydroxylation is 1. The molecule has 3 rings (SSSR count). The van der Waals surface area contributed by atoms with Gasteiger partial charge in [-0.1, -0.05) is 34.9 Å². The number of aliphatic hydroxyl groups is 1. The van der Waals surface area contributed by atoms with Crippen LogP contribution in [0.1, 0.15) is 77.5 Å². The third kappa shape index (κ3) is 4.60. The maximum atomic E-state index is 14.2. The first-order valence-corrected chi connectivity index (χ1v) is 11.9. The molecule has 0 bridgehead atoms. The van der Waals surface area contributed by atoms with Gasteiger partial charge in [-0.05, 0) is 91.0 Å². The molecule has 0 unspecified atom stereocenters. The number of allylic oxidation sites excluding steroid dienone is 7. The smallest absolute Gasteiger partial charge is 0.174 e. The Kier molecular flexibility index (Phi) is 7.21. The van der Waals surface area contributed by atoms with Crippen LogP contribution in [0, 0.1) is 6.92 Å². The Labute approximate surface area is 207 Å². The first-order valence-electron chi connectivity index (χ1n) is 11.9. The van der Waals surface area contributed by atoms with Crippen molar-refractivity contribution >= 4 is 22.3 Å². The molecular formula is C30H36O5. The Balaban J connectivity index is 2.55. The maximum absolute atomic E-state index is 14.2.